The van der Waals surface area contributed by atoms with Gasteiger partial charge in [0, 0.05) is 12.3 Å². The van der Waals surface area contributed by atoms with E-state index < -0.39 is 73.6 Å². The van der Waals surface area contributed by atoms with Crippen LogP contribution in [0.25, 0.3) is 11.1 Å². The van der Waals surface area contributed by atoms with Crippen molar-refractivity contribution in [1.82, 2.24) is 14.7 Å². The fraction of sp³-hybridized carbons (Fsp3) is 0.250. The van der Waals surface area contributed by atoms with E-state index in [0.29, 0.717) is 16.0 Å². The highest BCUT2D eigenvalue weighted by molar-refractivity contribution is 6.10. The molecule has 2 aliphatic heterocycles. The first-order chi connectivity index (χ1) is 25.7. The molecule has 2 fully saturated rings. The molecular formula is C40H35N3O10. The standard InChI is InChI=1S/C40H35N3O10/c44-34(51-22-26-11-3-1-4-12-26)20-41-37(48)40(43(38(41)49)21-35(45)52-23-27-13-5-2-6-14-27)19-33(36(46)47)42(25-40)39(50)53-24-32-30-17-9-7-15-28(30)29-16-8-10-18-31(29)32/h1-18,32-33H,19-25H2,(H,46,47)/t33-,40-/m0/s1. The number of imide groups is 1. The minimum absolute atomic E-state index is 0.118. The van der Waals surface area contributed by atoms with Gasteiger partial charge >= 0.3 is 30.0 Å². The number of benzene rings is 4. The van der Waals surface area contributed by atoms with Crippen molar-refractivity contribution in [3.05, 3.63) is 131 Å². The normalized spacial score (nSPS) is 18.9. The number of amides is 4. The molecule has 1 N–H and O–H groups in total. The van der Waals surface area contributed by atoms with Crippen molar-refractivity contribution in [1.29, 1.82) is 0 Å². The number of rotatable bonds is 11. The highest BCUT2D eigenvalue weighted by Crippen LogP contribution is 2.45. The highest BCUT2D eigenvalue weighted by Gasteiger charge is 2.65. The summed E-state index contributed by atoms with van der Waals surface area (Å²) < 4.78 is 16.5. The molecule has 2 saturated heterocycles. The zero-order valence-corrected chi connectivity index (χ0v) is 28.5. The number of esters is 2. The second-order valence-corrected chi connectivity index (χ2v) is 13.1. The molecule has 270 valence electrons. The van der Waals surface area contributed by atoms with Gasteiger partial charge in [-0.05, 0) is 33.4 Å². The number of carbonyl (C=O) groups is 6. The van der Waals surface area contributed by atoms with Crippen LogP contribution in [0, 0.1) is 0 Å². The van der Waals surface area contributed by atoms with Crippen molar-refractivity contribution in [2.75, 3.05) is 26.2 Å². The van der Waals surface area contributed by atoms with Gasteiger partial charge in [-0.25, -0.2) is 14.4 Å². The van der Waals surface area contributed by atoms with Gasteiger partial charge in [-0.2, -0.15) is 0 Å². The van der Waals surface area contributed by atoms with Crippen molar-refractivity contribution >= 4 is 35.9 Å². The van der Waals surface area contributed by atoms with E-state index in [9.17, 15) is 33.9 Å². The molecule has 3 aliphatic rings. The van der Waals surface area contributed by atoms with Gasteiger partial charge < -0.3 is 19.3 Å². The Morgan fingerprint density at radius 2 is 1.19 bits per heavy atom. The van der Waals surface area contributed by atoms with Gasteiger partial charge in [-0.15, -0.1) is 0 Å². The molecule has 2 heterocycles. The van der Waals surface area contributed by atoms with Crippen LogP contribution < -0.4 is 0 Å². The predicted octanol–water partition coefficient (Wildman–Crippen LogP) is 4.58. The first-order valence-corrected chi connectivity index (χ1v) is 17.0. The molecule has 1 spiro atoms. The van der Waals surface area contributed by atoms with Crippen molar-refractivity contribution in [2.45, 2.75) is 37.1 Å². The predicted molar refractivity (Wildman–Crippen MR) is 187 cm³/mol. The average molecular weight is 718 g/mol. The molecular weight excluding hydrogens is 682 g/mol. The largest absolute Gasteiger partial charge is 0.480 e. The highest BCUT2D eigenvalue weighted by atomic mass is 16.6. The Morgan fingerprint density at radius 1 is 0.679 bits per heavy atom. The lowest BCUT2D eigenvalue weighted by Gasteiger charge is -2.30. The third-order valence-corrected chi connectivity index (χ3v) is 9.88. The van der Waals surface area contributed by atoms with Crippen molar-refractivity contribution in [3.8, 4) is 11.1 Å². The molecule has 53 heavy (non-hydrogen) atoms. The van der Waals surface area contributed by atoms with Crippen molar-refractivity contribution < 1.29 is 48.1 Å². The fourth-order valence-electron chi connectivity index (χ4n) is 7.29. The number of carbonyl (C=O) groups excluding carboxylic acids is 5. The third kappa shape index (κ3) is 6.80. The number of hydrogen-bond donors (Lipinski definition) is 1. The summed E-state index contributed by atoms with van der Waals surface area (Å²) in [6.45, 7) is -2.52. The Bertz CT molecular complexity index is 2030. The molecule has 4 aromatic carbocycles. The number of carboxylic acids is 1. The lowest BCUT2D eigenvalue weighted by molar-refractivity contribution is -0.150. The van der Waals surface area contributed by atoms with Crippen LogP contribution >= 0.6 is 0 Å². The monoisotopic (exact) mass is 717 g/mol. The van der Waals surface area contributed by atoms with Gasteiger partial charge in [0.2, 0.25) is 0 Å². The number of carboxylic acid groups (broad SMARTS) is 1. The minimum Gasteiger partial charge on any atom is -0.480 e. The maximum atomic E-state index is 14.2. The molecule has 0 saturated carbocycles. The quantitative estimate of drug-likeness (QED) is 0.132. The SMILES string of the molecule is O=C(CN1C(=O)N(CC(=O)OCc2ccccc2)[C@]2(C[C@@H](C(=O)O)N(C(=O)OCC3c4ccccc4-c4ccccc43)C2)C1=O)OCc1ccccc1. The van der Waals surface area contributed by atoms with Crippen LogP contribution in [0.3, 0.4) is 0 Å². The number of likely N-dealkylation sites (tertiary alicyclic amines) is 1. The number of fused-ring (bicyclic) bond motifs is 3. The van der Waals surface area contributed by atoms with Crippen LogP contribution in [0.5, 0.6) is 0 Å². The molecule has 0 aromatic heterocycles. The van der Waals surface area contributed by atoms with E-state index in [2.05, 4.69) is 0 Å². The van der Waals surface area contributed by atoms with Gasteiger partial charge in [-0.1, -0.05) is 109 Å². The number of urea groups is 1. The summed E-state index contributed by atoms with van der Waals surface area (Å²) in [5.74, 6) is -4.50. The lowest BCUT2D eigenvalue weighted by atomic mass is 9.94. The number of nitrogens with zero attached hydrogens (tertiary/aromatic N) is 3. The molecule has 0 radical (unpaired) electrons. The van der Waals surface area contributed by atoms with Crippen LogP contribution in [-0.2, 0) is 46.6 Å². The van der Waals surface area contributed by atoms with Crippen molar-refractivity contribution in [2.24, 2.45) is 0 Å². The minimum atomic E-state index is -2.02. The zero-order valence-electron chi connectivity index (χ0n) is 28.5. The summed E-state index contributed by atoms with van der Waals surface area (Å²) in [5.41, 5.74) is 3.23. The van der Waals surface area contributed by atoms with Crippen LogP contribution in [0.2, 0.25) is 0 Å². The Balaban J connectivity index is 1.12. The van der Waals surface area contributed by atoms with Gasteiger partial charge in [0.15, 0.2) is 0 Å². The van der Waals surface area contributed by atoms with E-state index in [1.54, 1.807) is 60.7 Å². The zero-order chi connectivity index (χ0) is 37.1. The smallest absolute Gasteiger partial charge is 0.410 e. The van der Waals surface area contributed by atoms with E-state index in [1.165, 1.54) is 0 Å². The first-order valence-electron chi connectivity index (χ1n) is 17.0. The summed E-state index contributed by atoms with van der Waals surface area (Å²) in [5, 5.41) is 10.3. The van der Waals surface area contributed by atoms with Crippen LogP contribution in [0.4, 0.5) is 9.59 Å². The molecule has 4 aromatic rings. The molecule has 7 rings (SSSR count). The molecule has 1 aliphatic carbocycles. The van der Waals surface area contributed by atoms with Crippen LogP contribution in [0.1, 0.15) is 34.6 Å². The average Bonchev–Trinajstić information content (AvgIpc) is 3.79. The Labute approximate surface area is 304 Å². The first kappa shape index (κ1) is 34.9. The van der Waals surface area contributed by atoms with Crippen LogP contribution in [0.15, 0.2) is 109 Å². The van der Waals surface area contributed by atoms with Crippen LogP contribution in [-0.4, -0.2) is 93.6 Å². The molecule has 0 bridgehead atoms. The maximum Gasteiger partial charge on any atom is 0.410 e. The Hall–Kier alpha value is -6.50. The summed E-state index contributed by atoms with van der Waals surface area (Å²) in [6, 6.07) is 30.4. The van der Waals surface area contributed by atoms with Gasteiger partial charge in [0.05, 0.1) is 6.54 Å². The Morgan fingerprint density at radius 3 is 1.74 bits per heavy atom. The second-order valence-electron chi connectivity index (χ2n) is 13.1. The van der Waals surface area contributed by atoms with Gasteiger partial charge in [0.1, 0.15) is 44.5 Å². The lowest BCUT2D eigenvalue weighted by Crippen LogP contribution is -2.54. The molecule has 2 atom stereocenters. The third-order valence-electron chi connectivity index (χ3n) is 9.88. The van der Waals surface area contributed by atoms with E-state index in [1.807, 2.05) is 48.5 Å². The molecule has 13 nitrogen and oxygen atoms in total. The molecule has 4 amide bonds. The Kier molecular flexibility index (Phi) is 9.64. The van der Waals surface area contributed by atoms with Crippen molar-refractivity contribution in [3.63, 3.8) is 0 Å². The van der Waals surface area contributed by atoms with Gasteiger partial charge in [0.25, 0.3) is 5.91 Å². The summed E-state index contributed by atoms with van der Waals surface area (Å²) >= 11 is 0. The number of ether oxygens (including phenoxy) is 3. The van der Waals surface area contributed by atoms with E-state index in [4.69, 9.17) is 14.2 Å². The second kappa shape index (κ2) is 14.6. The maximum absolute atomic E-state index is 14.2. The summed E-state index contributed by atoms with van der Waals surface area (Å²) in [6.07, 6.45) is -1.57. The fourth-order valence-corrected chi connectivity index (χ4v) is 7.29. The summed E-state index contributed by atoms with van der Waals surface area (Å²) in [4.78, 5) is 83.1. The molecule has 0 unspecified atom stereocenters. The van der Waals surface area contributed by atoms with E-state index in [-0.39, 0.29) is 25.7 Å². The van der Waals surface area contributed by atoms with Gasteiger partial charge in [-0.3, -0.25) is 29.1 Å². The van der Waals surface area contributed by atoms with E-state index >= 15 is 0 Å². The molecule has 13 heteroatoms. The number of hydrogen-bond acceptors (Lipinski definition) is 9. The topological polar surface area (TPSA) is 160 Å². The van der Waals surface area contributed by atoms with E-state index in [0.717, 1.165) is 32.1 Å². The summed E-state index contributed by atoms with van der Waals surface area (Å²) in [7, 11) is 0. The number of aliphatic carboxylic acids is 1.